The summed E-state index contributed by atoms with van der Waals surface area (Å²) in [6.07, 6.45) is 3.46. The molecule has 0 saturated carbocycles. The molecule has 0 aromatic heterocycles. The van der Waals surface area contributed by atoms with Gasteiger partial charge in [-0.3, -0.25) is 0 Å². The van der Waals surface area contributed by atoms with Crippen molar-refractivity contribution in [2.24, 2.45) is 5.92 Å². The van der Waals surface area contributed by atoms with Gasteiger partial charge in [0.15, 0.2) is 0 Å². The number of benzene rings is 1. The first kappa shape index (κ1) is 16.5. The Bertz CT molecular complexity index is 339. The molecule has 2 unspecified atom stereocenters. The number of hydrogen-bond donors (Lipinski definition) is 1. The van der Waals surface area contributed by atoms with E-state index in [0.29, 0.717) is 12.0 Å². The van der Waals surface area contributed by atoms with Crippen molar-refractivity contribution in [2.45, 2.75) is 46.1 Å². The summed E-state index contributed by atoms with van der Waals surface area (Å²) in [5.41, 5.74) is 0. The molecule has 1 N–H and O–H groups in total. The number of hydrogen-bond acceptors (Lipinski definition) is 2. The third-order valence-corrected chi connectivity index (χ3v) is 3.97. The molecule has 2 atom stereocenters. The average molecular weight is 328 g/mol. The minimum atomic E-state index is 0.605. The van der Waals surface area contributed by atoms with Crippen LogP contribution >= 0.6 is 15.9 Å². The topological polar surface area (TPSA) is 21.3 Å². The number of rotatable bonds is 9. The molecular weight excluding hydrogens is 302 g/mol. The molecule has 19 heavy (non-hydrogen) atoms. The SMILES string of the molecule is CCCNC(CC)C(C)CCOc1ccc(Br)cc1. The second kappa shape index (κ2) is 9.38. The van der Waals surface area contributed by atoms with E-state index < -0.39 is 0 Å². The lowest BCUT2D eigenvalue weighted by molar-refractivity contribution is 0.253. The van der Waals surface area contributed by atoms with E-state index in [9.17, 15) is 0 Å². The monoisotopic (exact) mass is 327 g/mol. The summed E-state index contributed by atoms with van der Waals surface area (Å²) >= 11 is 3.43. The average Bonchev–Trinajstić information content (AvgIpc) is 2.42. The minimum Gasteiger partial charge on any atom is -0.494 e. The molecule has 0 aliphatic heterocycles. The lowest BCUT2D eigenvalue weighted by atomic mass is 9.96. The summed E-state index contributed by atoms with van der Waals surface area (Å²) in [5.74, 6) is 1.59. The fourth-order valence-corrected chi connectivity index (χ4v) is 2.44. The maximum atomic E-state index is 5.78. The van der Waals surface area contributed by atoms with Gasteiger partial charge in [-0.05, 0) is 56.0 Å². The van der Waals surface area contributed by atoms with Crippen LogP contribution < -0.4 is 10.1 Å². The van der Waals surface area contributed by atoms with Crippen molar-refractivity contribution in [1.82, 2.24) is 5.32 Å². The van der Waals surface area contributed by atoms with Crippen molar-refractivity contribution in [1.29, 1.82) is 0 Å². The molecule has 0 aliphatic carbocycles. The molecule has 108 valence electrons. The smallest absolute Gasteiger partial charge is 0.119 e. The maximum Gasteiger partial charge on any atom is 0.119 e. The number of nitrogens with one attached hydrogen (secondary N) is 1. The van der Waals surface area contributed by atoms with E-state index in [1.165, 1.54) is 12.8 Å². The summed E-state index contributed by atoms with van der Waals surface area (Å²) in [7, 11) is 0. The summed E-state index contributed by atoms with van der Waals surface area (Å²) in [6, 6.07) is 8.63. The van der Waals surface area contributed by atoms with Crippen LogP contribution in [0.5, 0.6) is 5.75 Å². The molecule has 3 heteroatoms. The van der Waals surface area contributed by atoms with Crippen molar-refractivity contribution in [2.75, 3.05) is 13.2 Å². The highest BCUT2D eigenvalue weighted by Crippen LogP contribution is 2.17. The lowest BCUT2D eigenvalue weighted by Crippen LogP contribution is -2.35. The second-order valence-corrected chi connectivity index (χ2v) is 5.95. The van der Waals surface area contributed by atoms with Crippen molar-refractivity contribution >= 4 is 15.9 Å². The molecule has 1 rings (SSSR count). The van der Waals surface area contributed by atoms with Crippen LogP contribution in [0.2, 0.25) is 0 Å². The first-order valence-corrected chi connectivity index (χ1v) is 8.08. The summed E-state index contributed by atoms with van der Waals surface area (Å²) in [4.78, 5) is 0. The largest absolute Gasteiger partial charge is 0.494 e. The zero-order valence-corrected chi connectivity index (χ0v) is 13.9. The Balaban J connectivity index is 2.28. The van der Waals surface area contributed by atoms with Gasteiger partial charge in [-0.1, -0.05) is 36.7 Å². The number of halogens is 1. The lowest BCUT2D eigenvalue weighted by Gasteiger charge is -2.24. The fraction of sp³-hybridized carbons (Fsp3) is 0.625. The van der Waals surface area contributed by atoms with Gasteiger partial charge in [0.2, 0.25) is 0 Å². The molecular formula is C16H26BrNO. The molecule has 0 fully saturated rings. The van der Waals surface area contributed by atoms with E-state index in [1.807, 2.05) is 24.3 Å². The maximum absolute atomic E-state index is 5.78. The standard InChI is InChI=1S/C16H26BrNO/c1-4-11-18-16(5-2)13(3)10-12-19-15-8-6-14(17)7-9-15/h6-9,13,16,18H,4-5,10-12H2,1-3H3. The van der Waals surface area contributed by atoms with Gasteiger partial charge >= 0.3 is 0 Å². The number of ether oxygens (including phenoxy) is 1. The Morgan fingerprint density at radius 2 is 1.89 bits per heavy atom. The molecule has 0 bridgehead atoms. The van der Waals surface area contributed by atoms with E-state index in [2.05, 4.69) is 42.0 Å². The second-order valence-electron chi connectivity index (χ2n) is 5.04. The zero-order valence-electron chi connectivity index (χ0n) is 12.3. The van der Waals surface area contributed by atoms with E-state index >= 15 is 0 Å². The molecule has 0 saturated heterocycles. The Morgan fingerprint density at radius 3 is 2.47 bits per heavy atom. The van der Waals surface area contributed by atoms with E-state index in [1.54, 1.807) is 0 Å². The molecule has 0 heterocycles. The molecule has 1 aromatic rings. The highest BCUT2D eigenvalue weighted by Gasteiger charge is 2.14. The van der Waals surface area contributed by atoms with Gasteiger partial charge in [0, 0.05) is 10.5 Å². The van der Waals surface area contributed by atoms with E-state index in [0.717, 1.165) is 29.8 Å². The van der Waals surface area contributed by atoms with Gasteiger partial charge < -0.3 is 10.1 Å². The quantitative estimate of drug-likeness (QED) is 0.713. The van der Waals surface area contributed by atoms with Crippen LogP contribution in [-0.4, -0.2) is 19.2 Å². The predicted octanol–water partition coefficient (Wildman–Crippen LogP) is 4.63. The van der Waals surface area contributed by atoms with E-state index in [-0.39, 0.29) is 0 Å². The van der Waals surface area contributed by atoms with Gasteiger partial charge in [0.25, 0.3) is 0 Å². The van der Waals surface area contributed by atoms with E-state index in [4.69, 9.17) is 4.74 Å². The van der Waals surface area contributed by atoms with Gasteiger partial charge in [-0.15, -0.1) is 0 Å². The normalized spacial score (nSPS) is 14.1. The van der Waals surface area contributed by atoms with Crippen LogP contribution in [0.25, 0.3) is 0 Å². The third-order valence-electron chi connectivity index (χ3n) is 3.44. The first-order valence-electron chi connectivity index (χ1n) is 7.29. The molecule has 0 spiro atoms. The zero-order chi connectivity index (χ0) is 14.1. The van der Waals surface area contributed by atoms with Crippen molar-refractivity contribution in [3.8, 4) is 5.75 Å². The van der Waals surface area contributed by atoms with Crippen molar-refractivity contribution < 1.29 is 4.74 Å². The first-order chi connectivity index (χ1) is 9.17. The van der Waals surface area contributed by atoms with Gasteiger partial charge in [0.05, 0.1) is 6.61 Å². The molecule has 0 radical (unpaired) electrons. The van der Waals surface area contributed by atoms with Gasteiger partial charge in [0.1, 0.15) is 5.75 Å². The Kier molecular flexibility index (Phi) is 8.15. The van der Waals surface area contributed by atoms with Crippen LogP contribution in [0, 0.1) is 5.92 Å². The molecule has 2 nitrogen and oxygen atoms in total. The van der Waals surface area contributed by atoms with Crippen LogP contribution in [0.1, 0.15) is 40.0 Å². The predicted molar refractivity (Wildman–Crippen MR) is 85.8 cm³/mol. The highest BCUT2D eigenvalue weighted by atomic mass is 79.9. The molecule has 1 aromatic carbocycles. The summed E-state index contributed by atoms with van der Waals surface area (Å²) in [5, 5.41) is 3.61. The van der Waals surface area contributed by atoms with Crippen molar-refractivity contribution in [3.63, 3.8) is 0 Å². The minimum absolute atomic E-state index is 0.605. The Morgan fingerprint density at radius 1 is 1.21 bits per heavy atom. The summed E-state index contributed by atoms with van der Waals surface area (Å²) in [6.45, 7) is 8.66. The Labute approximate surface area is 126 Å². The van der Waals surface area contributed by atoms with Crippen LogP contribution in [0.4, 0.5) is 0 Å². The molecule has 0 aliphatic rings. The van der Waals surface area contributed by atoms with Crippen LogP contribution in [-0.2, 0) is 0 Å². The Hall–Kier alpha value is -0.540. The van der Waals surface area contributed by atoms with Gasteiger partial charge in [-0.2, -0.15) is 0 Å². The van der Waals surface area contributed by atoms with Crippen molar-refractivity contribution in [3.05, 3.63) is 28.7 Å². The summed E-state index contributed by atoms with van der Waals surface area (Å²) < 4.78 is 6.87. The fourth-order valence-electron chi connectivity index (χ4n) is 2.17. The highest BCUT2D eigenvalue weighted by molar-refractivity contribution is 9.10. The van der Waals surface area contributed by atoms with Crippen LogP contribution in [0.3, 0.4) is 0 Å². The van der Waals surface area contributed by atoms with Gasteiger partial charge in [-0.25, -0.2) is 0 Å². The molecule has 0 amide bonds. The third kappa shape index (κ3) is 6.44. The van der Waals surface area contributed by atoms with Crippen LogP contribution in [0.15, 0.2) is 28.7 Å².